The van der Waals surface area contributed by atoms with Crippen LogP contribution in [0.15, 0.2) is 36.4 Å². The molecule has 0 bridgehead atoms. The van der Waals surface area contributed by atoms with Crippen LogP contribution in [0.4, 0.5) is 5.69 Å². The molecule has 28 heavy (non-hydrogen) atoms. The number of nitrogens with one attached hydrogen (secondary N) is 1. The summed E-state index contributed by atoms with van der Waals surface area (Å²) in [5, 5.41) is 11.7. The van der Waals surface area contributed by atoms with E-state index < -0.39 is 18.0 Å². The summed E-state index contributed by atoms with van der Waals surface area (Å²) in [5.74, 6) is -0.0109. The lowest BCUT2D eigenvalue weighted by molar-refractivity contribution is -0.152. The molecule has 1 N–H and O–H groups in total. The van der Waals surface area contributed by atoms with Crippen LogP contribution in [-0.2, 0) is 20.7 Å². The van der Waals surface area contributed by atoms with E-state index in [-0.39, 0.29) is 11.4 Å². The largest absolute Gasteiger partial charge is 0.497 e. The van der Waals surface area contributed by atoms with Gasteiger partial charge >= 0.3 is 5.97 Å². The third-order valence-corrected chi connectivity index (χ3v) is 4.18. The van der Waals surface area contributed by atoms with Crippen molar-refractivity contribution in [2.75, 3.05) is 19.5 Å². The lowest BCUT2D eigenvalue weighted by Gasteiger charge is -2.15. The van der Waals surface area contributed by atoms with Crippen molar-refractivity contribution in [1.82, 2.24) is 0 Å². The van der Waals surface area contributed by atoms with Gasteiger partial charge in [-0.3, -0.25) is 9.59 Å². The highest BCUT2D eigenvalue weighted by Crippen LogP contribution is 2.25. The monoisotopic (exact) mass is 402 g/mol. The number of methoxy groups -OCH3 is 2. The third kappa shape index (κ3) is 5.38. The first-order chi connectivity index (χ1) is 13.4. The fourth-order valence-corrected chi connectivity index (χ4v) is 2.60. The summed E-state index contributed by atoms with van der Waals surface area (Å²) in [5.41, 5.74) is 1.31. The number of halogens is 1. The van der Waals surface area contributed by atoms with Gasteiger partial charge in [0, 0.05) is 17.3 Å². The van der Waals surface area contributed by atoms with Crippen LogP contribution >= 0.6 is 11.6 Å². The van der Waals surface area contributed by atoms with Crippen molar-refractivity contribution in [3.63, 3.8) is 0 Å². The molecule has 0 saturated heterocycles. The van der Waals surface area contributed by atoms with Crippen LogP contribution in [0, 0.1) is 11.3 Å². The molecule has 0 spiro atoms. The Bertz CT molecular complexity index is 923. The number of carbonyl (C=O) groups excluding carboxylic acids is 2. The number of hydrogen-bond acceptors (Lipinski definition) is 6. The third-order valence-electron chi connectivity index (χ3n) is 3.86. The van der Waals surface area contributed by atoms with E-state index >= 15 is 0 Å². The topological polar surface area (TPSA) is 97.6 Å². The second-order valence-electron chi connectivity index (χ2n) is 5.78. The minimum atomic E-state index is -1.02. The molecule has 146 valence electrons. The average Bonchev–Trinajstić information content (AvgIpc) is 2.68. The maximum Gasteiger partial charge on any atom is 0.311 e. The molecule has 0 aromatic heterocycles. The number of nitrogens with zero attached hydrogens (tertiary/aromatic N) is 1. The van der Waals surface area contributed by atoms with E-state index in [0.29, 0.717) is 28.3 Å². The Hall–Kier alpha value is -3.24. The first kappa shape index (κ1) is 21.1. The summed E-state index contributed by atoms with van der Waals surface area (Å²) in [7, 11) is 3.02. The molecule has 0 saturated carbocycles. The van der Waals surface area contributed by atoms with E-state index in [1.807, 2.05) is 6.07 Å². The van der Waals surface area contributed by atoms with Crippen LogP contribution in [0.25, 0.3) is 0 Å². The molecule has 2 aromatic rings. The van der Waals surface area contributed by atoms with Crippen LogP contribution < -0.4 is 14.8 Å². The molecular weight excluding hydrogens is 384 g/mol. The molecule has 0 heterocycles. The first-order valence-corrected chi connectivity index (χ1v) is 8.66. The highest BCUT2D eigenvalue weighted by Gasteiger charge is 2.20. The summed E-state index contributed by atoms with van der Waals surface area (Å²) in [6.45, 7) is 1.46. The van der Waals surface area contributed by atoms with E-state index in [2.05, 4.69) is 5.32 Å². The van der Waals surface area contributed by atoms with Crippen molar-refractivity contribution >= 4 is 29.2 Å². The zero-order valence-corrected chi connectivity index (χ0v) is 16.4. The lowest BCUT2D eigenvalue weighted by Crippen LogP contribution is -2.30. The number of hydrogen-bond donors (Lipinski definition) is 1. The zero-order chi connectivity index (χ0) is 20.7. The summed E-state index contributed by atoms with van der Waals surface area (Å²) < 4.78 is 15.6. The SMILES string of the molecule is COc1ccc(CC(=O)O[C@@H](C)C(=O)Nc2ccc(C#N)c(Cl)c2)c(OC)c1. The zero-order valence-electron chi connectivity index (χ0n) is 15.6. The maximum absolute atomic E-state index is 12.2. The molecule has 0 radical (unpaired) electrons. The Morgan fingerprint density at radius 1 is 1.18 bits per heavy atom. The predicted octanol–water partition coefficient (Wildman–Crippen LogP) is 3.34. The van der Waals surface area contributed by atoms with Crippen molar-refractivity contribution in [1.29, 1.82) is 5.26 Å². The summed E-state index contributed by atoms with van der Waals surface area (Å²) in [6.07, 6.45) is -1.08. The van der Waals surface area contributed by atoms with Gasteiger partial charge in [0.1, 0.15) is 17.6 Å². The minimum Gasteiger partial charge on any atom is -0.497 e. The lowest BCUT2D eigenvalue weighted by atomic mass is 10.1. The highest BCUT2D eigenvalue weighted by molar-refractivity contribution is 6.32. The van der Waals surface area contributed by atoms with E-state index in [1.165, 1.54) is 33.3 Å². The van der Waals surface area contributed by atoms with Gasteiger partial charge in [-0.1, -0.05) is 17.7 Å². The summed E-state index contributed by atoms with van der Waals surface area (Å²) in [6, 6.07) is 11.5. The number of anilines is 1. The number of carbonyl (C=O) groups is 2. The van der Waals surface area contributed by atoms with E-state index in [9.17, 15) is 9.59 Å². The Kier molecular flexibility index (Phi) is 7.24. The van der Waals surface area contributed by atoms with Crippen molar-refractivity contribution in [3.05, 3.63) is 52.5 Å². The fraction of sp³-hybridized carbons (Fsp3) is 0.250. The second kappa shape index (κ2) is 9.62. The van der Waals surface area contributed by atoms with Gasteiger partial charge in [0.25, 0.3) is 5.91 Å². The minimum absolute atomic E-state index is 0.0620. The standard InChI is InChI=1S/C20H19ClN2O5/c1-12(20(25)23-15-6-4-14(11-22)17(21)9-15)28-19(24)8-13-5-7-16(26-2)10-18(13)27-3/h4-7,9-10,12H,8H2,1-3H3,(H,23,25)/t12-/m0/s1. The smallest absolute Gasteiger partial charge is 0.311 e. The van der Waals surface area contributed by atoms with Crippen LogP contribution in [0.2, 0.25) is 5.02 Å². The number of rotatable bonds is 7. The number of ether oxygens (including phenoxy) is 3. The average molecular weight is 403 g/mol. The molecule has 2 rings (SSSR count). The van der Waals surface area contributed by atoms with E-state index in [4.69, 9.17) is 31.1 Å². The molecule has 1 amide bonds. The maximum atomic E-state index is 12.2. The van der Waals surface area contributed by atoms with Gasteiger partial charge in [0.2, 0.25) is 0 Å². The number of amides is 1. The predicted molar refractivity (Wildman–Crippen MR) is 104 cm³/mol. The van der Waals surface area contributed by atoms with Gasteiger partial charge in [-0.15, -0.1) is 0 Å². The molecule has 2 aromatic carbocycles. The highest BCUT2D eigenvalue weighted by atomic mass is 35.5. The Labute approximate surface area is 167 Å². The van der Waals surface area contributed by atoms with Crippen molar-refractivity contribution in [2.24, 2.45) is 0 Å². The van der Waals surface area contributed by atoms with Gasteiger partial charge in [-0.25, -0.2) is 0 Å². The summed E-state index contributed by atoms with van der Waals surface area (Å²) in [4.78, 5) is 24.4. The normalized spacial score (nSPS) is 11.1. The summed E-state index contributed by atoms with van der Waals surface area (Å²) >= 11 is 5.94. The Morgan fingerprint density at radius 2 is 1.93 bits per heavy atom. The van der Waals surface area contributed by atoms with Crippen LogP contribution in [0.5, 0.6) is 11.5 Å². The molecule has 8 heteroatoms. The van der Waals surface area contributed by atoms with Crippen molar-refractivity contribution < 1.29 is 23.8 Å². The van der Waals surface area contributed by atoms with E-state index in [0.717, 1.165) is 0 Å². The molecule has 0 aliphatic carbocycles. The molecule has 0 aliphatic rings. The second-order valence-corrected chi connectivity index (χ2v) is 6.19. The van der Waals surface area contributed by atoms with Gasteiger partial charge < -0.3 is 19.5 Å². The van der Waals surface area contributed by atoms with Crippen molar-refractivity contribution in [2.45, 2.75) is 19.4 Å². The van der Waals surface area contributed by atoms with Gasteiger partial charge in [-0.05, 0) is 31.2 Å². The van der Waals surface area contributed by atoms with Crippen LogP contribution in [0.3, 0.4) is 0 Å². The van der Waals surface area contributed by atoms with Gasteiger partial charge in [-0.2, -0.15) is 5.26 Å². The quantitative estimate of drug-likeness (QED) is 0.713. The molecule has 0 aliphatic heterocycles. The first-order valence-electron chi connectivity index (χ1n) is 8.28. The van der Waals surface area contributed by atoms with E-state index in [1.54, 1.807) is 24.3 Å². The van der Waals surface area contributed by atoms with Crippen molar-refractivity contribution in [3.8, 4) is 17.6 Å². The molecular formula is C20H19ClN2O5. The molecule has 0 unspecified atom stereocenters. The Morgan fingerprint density at radius 3 is 2.54 bits per heavy atom. The van der Waals surface area contributed by atoms with Crippen LogP contribution in [0.1, 0.15) is 18.1 Å². The van der Waals surface area contributed by atoms with Gasteiger partial charge in [0.05, 0.1) is 31.2 Å². The van der Waals surface area contributed by atoms with Gasteiger partial charge in [0.15, 0.2) is 6.10 Å². The fourth-order valence-electron chi connectivity index (χ4n) is 2.37. The molecule has 0 fully saturated rings. The van der Waals surface area contributed by atoms with Crippen LogP contribution in [-0.4, -0.2) is 32.2 Å². The number of esters is 1. The Balaban J connectivity index is 1.97. The number of nitriles is 1. The molecule has 7 nitrogen and oxygen atoms in total. The number of benzene rings is 2. The molecule has 1 atom stereocenters.